The number of likely N-dealkylation sites (N-methyl/N-ethyl adjacent to an activating group) is 1. The number of urea groups is 1. The number of fused-ring (bicyclic) bond motifs is 1. The van der Waals surface area contributed by atoms with E-state index >= 15 is 0 Å². The first-order valence-corrected chi connectivity index (χ1v) is 23.1. The van der Waals surface area contributed by atoms with Gasteiger partial charge < -0.3 is 45.0 Å². The van der Waals surface area contributed by atoms with Crippen molar-refractivity contribution >= 4 is 52.9 Å². The number of nitrogens with two attached hydrogens (primary N) is 1. The molecule has 4 aliphatic rings. The minimum Gasteiger partial charge on any atom is -0.466 e. The highest BCUT2D eigenvalue weighted by atomic mass is 35.5. The van der Waals surface area contributed by atoms with E-state index in [1.807, 2.05) is 29.2 Å². The Bertz CT molecular complexity index is 1960. The Morgan fingerprint density at radius 2 is 1.70 bits per heavy atom. The summed E-state index contributed by atoms with van der Waals surface area (Å²) in [5.41, 5.74) is 5.79. The standard InChI is InChI=1S/C46H63ClF3N7O7/c1-31(33-12-21-54(22-13-33)23-17-41(59)63-27-7-19-55-18-6-5-10-40(55)58)11-20-53(2)43(60)39(30-32-28-36(46(48,49)50)42(51)37(47)29-32)64-45(62)56-24-15-35(16-25-56)57-26-14-34-8-3-4-9-38(34)52-44(57)61/h3-4,8-9,28-29,31,33,35,39H,5-7,10-27,30,51H2,1-2H3,(H,52,61)/t31?,39-/m1/s1. The van der Waals surface area contributed by atoms with Crippen molar-refractivity contribution in [1.29, 1.82) is 0 Å². The van der Waals surface area contributed by atoms with Crippen LogP contribution < -0.4 is 11.1 Å². The second kappa shape index (κ2) is 22.4. The van der Waals surface area contributed by atoms with Crippen molar-refractivity contribution in [2.24, 2.45) is 11.8 Å². The monoisotopic (exact) mass is 917 g/mol. The van der Waals surface area contributed by atoms with Crippen molar-refractivity contribution in [1.82, 2.24) is 24.5 Å². The number of nitrogen functional groups attached to an aromatic ring is 1. The van der Waals surface area contributed by atoms with E-state index in [1.165, 1.54) is 15.9 Å². The molecular weight excluding hydrogens is 855 g/mol. The number of para-hydroxylation sites is 1. The highest BCUT2D eigenvalue weighted by molar-refractivity contribution is 6.33. The first-order chi connectivity index (χ1) is 30.6. The molecule has 18 heteroatoms. The molecule has 2 aromatic carbocycles. The Morgan fingerprint density at radius 3 is 2.42 bits per heavy atom. The van der Waals surface area contributed by atoms with Gasteiger partial charge in [0.25, 0.3) is 5.91 Å². The van der Waals surface area contributed by atoms with Gasteiger partial charge in [-0.05, 0) is 112 Å². The number of piperidine rings is 3. The first-order valence-electron chi connectivity index (χ1n) is 22.7. The number of esters is 1. The van der Waals surface area contributed by atoms with E-state index in [0.29, 0.717) is 83.6 Å². The molecule has 14 nitrogen and oxygen atoms in total. The van der Waals surface area contributed by atoms with Crippen LogP contribution in [0.4, 0.5) is 34.1 Å². The minimum absolute atomic E-state index is 0.0388. The van der Waals surface area contributed by atoms with Crippen LogP contribution in [0.25, 0.3) is 0 Å². The van der Waals surface area contributed by atoms with Crippen LogP contribution >= 0.6 is 11.6 Å². The summed E-state index contributed by atoms with van der Waals surface area (Å²) in [6.45, 7) is 7.44. The molecule has 352 valence electrons. The number of carbonyl (C=O) groups is 5. The molecule has 4 heterocycles. The van der Waals surface area contributed by atoms with Gasteiger partial charge in [-0.25, -0.2) is 9.59 Å². The van der Waals surface area contributed by atoms with Crippen LogP contribution in [0.1, 0.15) is 87.8 Å². The van der Waals surface area contributed by atoms with Crippen molar-refractivity contribution in [2.75, 3.05) is 83.6 Å². The lowest BCUT2D eigenvalue weighted by atomic mass is 9.83. The molecule has 6 rings (SSSR count). The van der Waals surface area contributed by atoms with E-state index in [1.54, 1.807) is 11.9 Å². The van der Waals surface area contributed by atoms with Crippen molar-refractivity contribution in [3.8, 4) is 0 Å². The maximum Gasteiger partial charge on any atom is 0.418 e. The van der Waals surface area contributed by atoms with Crippen LogP contribution in [0.15, 0.2) is 36.4 Å². The van der Waals surface area contributed by atoms with Crippen LogP contribution in [-0.2, 0) is 42.9 Å². The molecule has 0 radical (unpaired) electrons. The van der Waals surface area contributed by atoms with E-state index in [-0.39, 0.29) is 60.0 Å². The maximum absolute atomic E-state index is 14.1. The third-order valence-corrected chi connectivity index (χ3v) is 13.7. The predicted octanol–water partition coefficient (Wildman–Crippen LogP) is 7.08. The third kappa shape index (κ3) is 13.2. The fourth-order valence-corrected chi connectivity index (χ4v) is 9.55. The number of anilines is 2. The van der Waals surface area contributed by atoms with Crippen LogP contribution in [0.3, 0.4) is 0 Å². The number of hydrogen-bond donors (Lipinski definition) is 2. The average Bonchev–Trinajstić information content (AvgIpc) is 3.45. The molecule has 3 N–H and O–H groups in total. The summed E-state index contributed by atoms with van der Waals surface area (Å²) in [6, 6.07) is 9.42. The molecule has 0 spiro atoms. The van der Waals surface area contributed by atoms with Crippen LogP contribution in [0.2, 0.25) is 5.02 Å². The molecule has 0 saturated carbocycles. The molecular formula is C46H63ClF3N7O7. The summed E-state index contributed by atoms with van der Waals surface area (Å²) in [4.78, 5) is 74.2. The van der Waals surface area contributed by atoms with Gasteiger partial charge in [-0.15, -0.1) is 0 Å². The summed E-state index contributed by atoms with van der Waals surface area (Å²) >= 11 is 6.15. The Kier molecular flexibility index (Phi) is 17.1. The molecule has 0 aromatic heterocycles. The molecule has 4 aliphatic heterocycles. The second-order valence-corrected chi connectivity index (χ2v) is 18.1. The summed E-state index contributed by atoms with van der Waals surface area (Å²) in [6.07, 6.45) is 0.232. The number of ether oxygens (including phenoxy) is 2. The van der Waals surface area contributed by atoms with E-state index < -0.39 is 35.5 Å². The predicted molar refractivity (Wildman–Crippen MR) is 237 cm³/mol. The largest absolute Gasteiger partial charge is 0.466 e. The normalized spacial score (nSPS) is 19.1. The van der Waals surface area contributed by atoms with Gasteiger partial charge in [0, 0.05) is 77.4 Å². The highest BCUT2D eigenvalue weighted by Crippen LogP contribution is 2.38. The average molecular weight is 918 g/mol. The van der Waals surface area contributed by atoms with Gasteiger partial charge in [-0.3, -0.25) is 14.4 Å². The van der Waals surface area contributed by atoms with Crippen molar-refractivity contribution in [3.05, 3.63) is 58.1 Å². The van der Waals surface area contributed by atoms with Gasteiger partial charge in [0.2, 0.25) is 5.91 Å². The zero-order chi connectivity index (χ0) is 46.0. The fraction of sp³-hybridized carbons (Fsp3) is 0.630. The quantitative estimate of drug-likeness (QED) is 0.102. The van der Waals surface area contributed by atoms with Crippen LogP contribution in [0.5, 0.6) is 0 Å². The number of carbonyl (C=O) groups excluding carboxylic acids is 5. The molecule has 0 bridgehead atoms. The van der Waals surface area contributed by atoms with Gasteiger partial charge in [-0.2, -0.15) is 13.2 Å². The number of hydrogen-bond acceptors (Lipinski definition) is 9. The van der Waals surface area contributed by atoms with Crippen molar-refractivity contribution < 1.29 is 46.6 Å². The summed E-state index contributed by atoms with van der Waals surface area (Å²) in [5.74, 6) is -0.00557. The summed E-state index contributed by atoms with van der Waals surface area (Å²) in [5, 5.41) is 2.66. The number of alkyl halides is 3. The SMILES string of the molecule is CC(CCN(C)C(=O)[C@@H](Cc1cc(Cl)c(N)c(C(F)(F)F)c1)OC(=O)N1CCC(N2CCc3ccccc3NC2=O)CC1)C1CCN(CCC(=O)OCCCN2CCCCC2=O)CC1. The van der Waals surface area contributed by atoms with E-state index in [2.05, 4.69) is 17.1 Å². The number of nitrogens with one attached hydrogen (secondary N) is 1. The summed E-state index contributed by atoms with van der Waals surface area (Å²) < 4.78 is 53.1. The smallest absolute Gasteiger partial charge is 0.418 e. The van der Waals surface area contributed by atoms with Gasteiger partial charge in [0.15, 0.2) is 6.10 Å². The second-order valence-electron chi connectivity index (χ2n) is 17.7. The Hall–Kier alpha value is -4.77. The number of rotatable bonds is 16. The Balaban J connectivity index is 0.985. The molecule has 1 unspecified atom stereocenters. The van der Waals surface area contributed by atoms with Gasteiger partial charge >= 0.3 is 24.3 Å². The summed E-state index contributed by atoms with van der Waals surface area (Å²) in [7, 11) is 1.60. The van der Waals surface area contributed by atoms with Gasteiger partial charge in [-0.1, -0.05) is 36.7 Å². The number of amides is 5. The zero-order valence-electron chi connectivity index (χ0n) is 37.0. The van der Waals surface area contributed by atoms with Crippen molar-refractivity contribution in [3.63, 3.8) is 0 Å². The first kappa shape index (κ1) is 48.7. The Labute approximate surface area is 378 Å². The number of benzene rings is 2. The van der Waals surface area contributed by atoms with E-state index in [0.717, 1.165) is 62.6 Å². The minimum atomic E-state index is -4.80. The lowest BCUT2D eigenvalue weighted by molar-refractivity contribution is -0.144. The molecule has 0 aliphatic carbocycles. The zero-order valence-corrected chi connectivity index (χ0v) is 37.8. The van der Waals surface area contributed by atoms with Crippen LogP contribution in [0, 0.1) is 11.8 Å². The molecule has 2 aromatic rings. The van der Waals surface area contributed by atoms with Gasteiger partial charge in [0.1, 0.15) is 0 Å². The molecule has 3 fully saturated rings. The van der Waals surface area contributed by atoms with E-state index in [4.69, 9.17) is 26.8 Å². The number of halogens is 4. The lowest BCUT2D eigenvalue weighted by Crippen LogP contribution is -2.51. The molecule has 5 amide bonds. The van der Waals surface area contributed by atoms with Crippen molar-refractivity contribution in [2.45, 2.75) is 102 Å². The number of nitrogens with zero attached hydrogens (tertiary/aromatic N) is 5. The lowest BCUT2D eigenvalue weighted by Gasteiger charge is -2.38. The molecule has 2 atom stereocenters. The molecule has 3 saturated heterocycles. The molecule has 64 heavy (non-hydrogen) atoms. The third-order valence-electron chi connectivity index (χ3n) is 13.4. The highest BCUT2D eigenvalue weighted by Gasteiger charge is 2.37. The van der Waals surface area contributed by atoms with E-state index in [9.17, 15) is 37.1 Å². The fourth-order valence-electron chi connectivity index (χ4n) is 9.31. The topological polar surface area (TPSA) is 158 Å². The number of likely N-dealkylation sites (tertiary alicyclic amines) is 3. The van der Waals surface area contributed by atoms with Gasteiger partial charge in [0.05, 0.1) is 29.3 Å². The maximum atomic E-state index is 14.1. The van der Waals surface area contributed by atoms with Crippen LogP contribution in [-0.4, -0.2) is 139 Å². The Morgan fingerprint density at radius 1 is 0.969 bits per heavy atom.